The number of hydrogen-bond donors (Lipinski definition) is 2. The lowest BCUT2D eigenvalue weighted by Gasteiger charge is -2.12. The van der Waals surface area contributed by atoms with Gasteiger partial charge in [-0.05, 0) is 70.3 Å². The zero-order valence-electron chi connectivity index (χ0n) is 12.1. The van der Waals surface area contributed by atoms with Gasteiger partial charge in [0.2, 0.25) is 0 Å². The summed E-state index contributed by atoms with van der Waals surface area (Å²) >= 11 is 8.64. The van der Waals surface area contributed by atoms with Crippen molar-refractivity contribution in [3.05, 3.63) is 52.6 Å². The van der Waals surface area contributed by atoms with Crippen molar-refractivity contribution in [1.29, 1.82) is 0 Å². The minimum absolute atomic E-state index is 0.529. The zero-order chi connectivity index (χ0) is 15.2. The monoisotopic (exact) mass is 363 g/mol. The quantitative estimate of drug-likeness (QED) is 0.735. The maximum atomic E-state index is 5.28. The van der Waals surface area contributed by atoms with Gasteiger partial charge in [0.05, 0.1) is 0 Å². The maximum Gasteiger partial charge on any atom is 0.176 e. The third kappa shape index (κ3) is 4.79. The number of hydrogen-bond acceptors (Lipinski definition) is 2. The summed E-state index contributed by atoms with van der Waals surface area (Å²) < 4.78 is 0.938. The summed E-state index contributed by atoms with van der Waals surface area (Å²) in [5.74, 6) is 1.29. The molecule has 3 nitrogen and oxygen atoms in total. The van der Waals surface area contributed by atoms with E-state index >= 15 is 0 Å². The third-order valence-electron chi connectivity index (χ3n) is 3.32. The highest BCUT2D eigenvalue weighted by atomic mass is 79.9. The van der Waals surface area contributed by atoms with Crippen molar-refractivity contribution in [3.8, 4) is 0 Å². The van der Waals surface area contributed by atoms with Gasteiger partial charge in [-0.1, -0.05) is 26.0 Å². The molecule has 21 heavy (non-hydrogen) atoms. The van der Waals surface area contributed by atoms with Crippen LogP contribution in [-0.2, 0) is 0 Å². The van der Waals surface area contributed by atoms with Gasteiger partial charge in [-0.25, -0.2) is 4.98 Å². The Bertz CT molecular complexity index is 596. The van der Waals surface area contributed by atoms with Crippen LogP contribution in [0.25, 0.3) is 0 Å². The molecule has 2 aromatic rings. The predicted molar refractivity (Wildman–Crippen MR) is 96.9 cm³/mol. The number of anilines is 2. The lowest BCUT2D eigenvalue weighted by Crippen LogP contribution is -2.19. The molecule has 0 spiro atoms. The van der Waals surface area contributed by atoms with E-state index in [1.807, 2.05) is 24.3 Å². The number of aromatic nitrogens is 1. The Hall–Kier alpha value is -1.46. The molecular formula is C16H18BrN3S. The van der Waals surface area contributed by atoms with Gasteiger partial charge >= 0.3 is 0 Å². The van der Waals surface area contributed by atoms with Gasteiger partial charge in [0.25, 0.3) is 0 Å². The van der Waals surface area contributed by atoms with E-state index in [1.165, 1.54) is 5.56 Å². The number of thiocarbonyl (C=S) groups is 1. The summed E-state index contributed by atoms with van der Waals surface area (Å²) in [5, 5.41) is 6.74. The first kappa shape index (κ1) is 15.9. The van der Waals surface area contributed by atoms with E-state index in [0.29, 0.717) is 16.8 Å². The standard InChI is InChI=1S/C16H18BrN3S/c1-3-11(2)12-4-7-14(8-5-12)19-16(21)20-15-9-6-13(17)10-18-15/h4-11H,3H2,1-2H3,(H2,18,19,20,21). The Morgan fingerprint density at radius 2 is 1.90 bits per heavy atom. The molecule has 0 fully saturated rings. The molecule has 2 N–H and O–H groups in total. The third-order valence-corrected chi connectivity index (χ3v) is 3.99. The molecular weight excluding hydrogens is 346 g/mol. The Morgan fingerprint density at radius 3 is 2.48 bits per heavy atom. The minimum Gasteiger partial charge on any atom is -0.332 e. The molecule has 2 rings (SSSR count). The highest BCUT2D eigenvalue weighted by Crippen LogP contribution is 2.20. The van der Waals surface area contributed by atoms with E-state index in [0.717, 1.165) is 16.6 Å². The number of rotatable bonds is 4. The molecule has 1 aromatic carbocycles. The van der Waals surface area contributed by atoms with Gasteiger partial charge in [-0.3, -0.25) is 0 Å². The van der Waals surface area contributed by atoms with Crippen LogP contribution in [0, 0.1) is 0 Å². The van der Waals surface area contributed by atoms with Gasteiger partial charge in [0.1, 0.15) is 5.82 Å². The number of halogens is 1. The fourth-order valence-corrected chi connectivity index (χ4v) is 2.32. The number of nitrogens with one attached hydrogen (secondary N) is 2. The summed E-state index contributed by atoms with van der Waals surface area (Å²) in [7, 11) is 0. The average Bonchev–Trinajstić information content (AvgIpc) is 2.49. The number of benzene rings is 1. The molecule has 0 bridgehead atoms. The van der Waals surface area contributed by atoms with Crippen LogP contribution in [0.3, 0.4) is 0 Å². The highest BCUT2D eigenvalue weighted by Gasteiger charge is 2.04. The van der Waals surface area contributed by atoms with Gasteiger partial charge in [-0.2, -0.15) is 0 Å². The van der Waals surface area contributed by atoms with Crippen molar-refractivity contribution in [1.82, 2.24) is 4.98 Å². The molecule has 1 unspecified atom stereocenters. The van der Waals surface area contributed by atoms with Crippen molar-refractivity contribution in [2.24, 2.45) is 0 Å². The second-order valence-corrected chi connectivity index (χ2v) is 6.20. The molecule has 0 saturated carbocycles. The van der Waals surface area contributed by atoms with Crippen molar-refractivity contribution in [3.63, 3.8) is 0 Å². The molecule has 110 valence electrons. The molecule has 1 heterocycles. The van der Waals surface area contributed by atoms with Gasteiger partial charge < -0.3 is 10.6 Å². The summed E-state index contributed by atoms with van der Waals surface area (Å²) in [6, 6.07) is 12.1. The molecule has 0 aliphatic carbocycles. The van der Waals surface area contributed by atoms with Crippen LogP contribution in [0.4, 0.5) is 11.5 Å². The lowest BCUT2D eigenvalue weighted by molar-refractivity contribution is 0.734. The SMILES string of the molecule is CCC(C)c1ccc(NC(=S)Nc2ccc(Br)cn2)cc1. The summed E-state index contributed by atoms with van der Waals surface area (Å²) in [5.41, 5.74) is 2.31. The van der Waals surface area contributed by atoms with Crippen molar-refractivity contribution in [2.45, 2.75) is 26.2 Å². The summed E-state index contributed by atoms with van der Waals surface area (Å²) in [4.78, 5) is 4.22. The van der Waals surface area contributed by atoms with E-state index in [-0.39, 0.29) is 0 Å². The molecule has 1 atom stereocenters. The second kappa shape index (κ2) is 7.52. The lowest BCUT2D eigenvalue weighted by atomic mass is 9.99. The topological polar surface area (TPSA) is 37.0 Å². The maximum absolute atomic E-state index is 5.28. The molecule has 5 heteroatoms. The molecule has 0 radical (unpaired) electrons. The largest absolute Gasteiger partial charge is 0.332 e. The first-order valence-electron chi connectivity index (χ1n) is 6.88. The summed E-state index contributed by atoms with van der Waals surface area (Å²) in [6.07, 6.45) is 2.87. The molecule has 0 saturated heterocycles. The summed E-state index contributed by atoms with van der Waals surface area (Å²) in [6.45, 7) is 4.43. The van der Waals surface area contributed by atoms with Crippen LogP contribution in [-0.4, -0.2) is 10.1 Å². The van der Waals surface area contributed by atoms with Crippen LogP contribution < -0.4 is 10.6 Å². The van der Waals surface area contributed by atoms with E-state index in [2.05, 4.69) is 57.5 Å². The van der Waals surface area contributed by atoms with Crippen LogP contribution in [0.15, 0.2) is 47.1 Å². The normalized spacial score (nSPS) is 11.8. The fraction of sp³-hybridized carbons (Fsp3) is 0.250. The van der Waals surface area contributed by atoms with E-state index in [9.17, 15) is 0 Å². The molecule has 0 amide bonds. The van der Waals surface area contributed by atoms with E-state index in [4.69, 9.17) is 12.2 Å². The van der Waals surface area contributed by atoms with E-state index in [1.54, 1.807) is 6.20 Å². The van der Waals surface area contributed by atoms with E-state index < -0.39 is 0 Å². The van der Waals surface area contributed by atoms with Gasteiger partial charge in [0, 0.05) is 16.4 Å². The van der Waals surface area contributed by atoms with Crippen LogP contribution in [0.2, 0.25) is 0 Å². The van der Waals surface area contributed by atoms with Gasteiger partial charge in [0.15, 0.2) is 5.11 Å². The fourth-order valence-electron chi connectivity index (χ4n) is 1.86. The predicted octanol–water partition coefficient (Wildman–Crippen LogP) is 5.17. The molecule has 1 aromatic heterocycles. The molecule has 0 aliphatic heterocycles. The van der Waals surface area contributed by atoms with Crippen molar-refractivity contribution >= 4 is 44.8 Å². The first-order chi connectivity index (χ1) is 10.1. The Kier molecular flexibility index (Phi) is 5.70. The highest BCUT2D eigenvalue weighted by molar-refractivity contribution is 9.10. The number of pyridine rings is 1. The Labute approximate surface area is 139 Å². The zero-order valence-corrected chi connectivity index (χ0v) is 14.5. The Morgan fingerprint density at radius 1 is 1.19 bits per heavy atom. The van der Waals surface area contributed by atoms with Crippen LogP contribution in [0.5, 0.6) is 0 Å². The van der Waals surface area contributed by atoms with Crippen LogP contribution >= 0.6 is 28.1 Å². The van der Waals surface area contributed by atoms with Crippen molar-refractivity contribution in [2.75, 3.05) is 10.6 Å². The van der Waals surface area contributed by atoms with Crippen molar-refractivity contribution < 1.29 is 0 Å². The van der Waals surface area contributed by atoms with Crippen LogP contribution in [0.1, 0.15) is 31.7 Å². The second-order valence-electron chi connectivity index (χ2n) is 4.87. The number of nitrogens with zero attached hydrogens (tertiary/aromatic N) is 1. The van der Waals surface area contributed by atoms with Gasteiger partial charge in [-0.15, -0.1) is 0 Å². The molecule has 0 aliphatic rings. The first-order valence-corrected chi connectivity index (χ1v) is 8.08. The Balaban J connectivity index is 1.94. The smallest absolute Gasteiger partial charge is 0.176 e. The minimum atomic E-state index is 0.529. The average molecular weight is 364 g/mol.